The quantitative estimate of drug-likeness (QED) is 0.463. The lowest BCUT2D eigenvalue weighted by Crippen LogP contribution is -2.37. The summed E-state index contributed by atoms with van der Waals surface area (Å²) in [4.78, 5) is 17.8. The highest BCUT2D eigenvalue weighted by molar-refractivity contribution is 6.08. The molecule has 2 aromatic carbocycles. The lowest BCUT2D eigenvalue weighted by atomic mass is 9.99. The van der Waals surface area contributed by atoms with Crippen molar-refractivity contribution in [3.63, 3.8) is 0 Å². The second-order valence-corrected chi connectivity index (χ2v) is 7.86. The predicted octanol–water partition coefficient (Wildman–Crippen LogP) is 4.93. The van der Waals surface area contributed by atoms with Crippen molar-refractivity contribution in [3.8, 4) is 5.75 Å². The molecule has 1 amide bonds. The average molecular weight is 456 g/mol. The molecule has 170 valence electrons. The molecule has 3 heterocycles. The SMILES string of the molecule is Cc1nn(C(=O)N[C@@H]2COCc3cc(OC(F)(F)F)ccc32)c2c(C)nc3ccccc3c12. The van der Waals surface area contributed by atoms with Crippen LogP contribution in [0.4, 0.5) is 18.0 Å². The molecule has 1 aliphatic heterocycles. The van der Waals surface area contributed by atoms with E-state index in [1.54, 1.807) is 0 Å². The van der Waals surface area contributed by atoms with E-state index in [2.05, 4.69) is 20.1 Å². The van der Waals surface area contributed by atoms with Gasteiger partial charge in [0.1, 0.15) is 11.3 Å². The number of fused-ring (bicyclic) bond motifs is 4. The molecule has 0 spiro atoms. The lowest BCUT2D eigenvalue weighted by Gasteiger charge is -2.27. The molecule has 0 saturated heterocycles. The summed E-state index contributed by atoms with van der Waals surface area (Å²) in [7, 11) is 0. The Morgan fingerprint density at radius 3 is 2.76 bits per heavy atom. The molecule has 33 heavy (non-hydrogen) atoms. The number of pyridine rings is 1. The predicted molar refractivity (Wildman–Crippen MR) is 114 cm³/mol. The smallest absolute Gasteiger partial charge is 0.406 e. The first-order valence-corrected chi connectivity index (χ1v) is 10.2. The molecule has 1 aliphatic rings. The van der Waals surface area contributed by atoms with Gasteiger partial charge in [-0.1, -0.05) is 24.3 Å². The molecule has 0 unspecified atom stereocenters. The van der Waals surface area contributed by atoms with Gasteiger partial charge in [0.2, 0.25) is 0 Å². The van der Waals surface area contributed by atoms with Crippen LogP contribution in [0.3, 0.4) is 0 Å². The van der Waals surface area contributed by atoms with E-state index in [0.717, 1.165) is 16.3 Å². The van der Waals surface area contributed by atoms with Crippen LogP contribution in [-0.4, -0.2) is 33.8 Å². The molecule has 0 radical (unpaired) electrons. The fourth-order valence-corrected chi connectivity index (χ4v) is 4.30. The van der Waals surface area contributed by atoms with Crippen LogP contribution in [0.1, 0.15) is 28.6 Å². The summed E-state index contributed by atoms with van der Waals surface area (Å²) in [6.45, 7) is 3.95. The van der Waals surface area contributed by atoms with Crippen molar-refractivity contribution in [2.45, 2.75) is 32.9 Å². The van der Waals surface area contributed by atoms with Crippen molar-refractivity contribution in [3.05, 3.63) is 65.0 Å². The number of hydrogen-bond acceptors (Lipinski definition) is 5. The molecule has 4 aromatic rings. The van der Waals surface area contributed by atoms with Crippen LogP contribution in [0.15, 0.2) is 42.5 Å². The summed E-state index contributed by atoms with van der Waals surface area (Å²) < 4.78 is 48.4. The normalized spacial score (nSPS) is 16.1. The average Bonchev–Trinajstić information content (AvgIpc) is 3.11. The van der Waals surface area contributed by atoms with Gasteiger partial charge in [0, 0.05) is 10.8 Å². The van der Waals surface area contributed by atoms with Crippen molar-refractivity contribution in [2.75, 3.05) is 6.61 Å². The minimum atomic E-state index is -4.79. The van der Waals surface area contributed by atoms with E-state index in [1.165, 1.54) is 22.9 Å². The van der Waals surface area contributed by atoms with E-state index < -0.39 is 18.4 Å². The van der Waals surface area contributed by atoms with Crippen molar-refractivity contribution >= 4 is 27.8 Å². The van der Waals surface area contributed by atoms with Crippen LogP contribution in [0.25, 0.3) is 21.8 Å². The van der Waals surface area contributed by atoms with Crippen LogP contribution >= 0.6 is 0 Å². The third kappa shape index (κ3) is 3.86. The molecular formula is C23H19F3N4O3. The minimum Gasteiger partial charge on any atom is -0.406 e. The molecule has 7 nitrogen and oxygen atoms in total. The first-order chi connectivity index (χ1) is 15.7. The molecule has 1 N–H and O–H groups in total. The Labute approximate surface area is 186 Å². The Morgan fingerprint density at radius 2 is 1.97 bits per heavy atom. The topological polar surface area (TPSA) is 78.3 Å². The van der Waals surface area contributed by atoms with Gasteiger partial charge in [-0.05, 0) is 43.2 Å². The number of carbonyl (C=O) groups excluding carboxylic acids is 1. The van der Waals surface area contributed by atoms with Crippen molar-refractivity contribution in [1.82, 2.24) is 20.1 Å². The van der Waals surface area contributed by atoms with Crippen molar-refractivity contribution < 1.29 is 27.4 Å². The van der Waals surface area contributed by atoms with Crippen LogP contribution in [0.2, 0.25) is 0 Å². The number of alkyl halides is 3. The first kappa shape index (κ1) is 21.2. The zero-order chi connectivity index (χ0) is 23.3. The van der Waals surface area contributed by atoms with Gasteiger partial charge in [-0.25, -0.2) is 4.79 Å². The fraction of sp³-hybridized carbons (Fsp3) is 0.261. The molecule has 2 aromatic heterocycles. The second-order valence-electron chi connectivity index (χ2n) is 7.86. The molecule has 5 rings (SSSR count). The monoisotopic (exact) mass is 456 g/mol. The third-order valence-corrected chi connectivity index (χ3v) is 5.62. The number of aromatic nitrogens is 3. The summed E-state index contributed by atoms with van der Waals surface area (Å²) in [5.74, 6) is -0.334. The standard InChI is InChI=1S/C23H19F3N4O3/c1-12-20-17-5-3-4-6-18(17)27-13(2)21(20)30(29-12)22(31)28-19-11-32-10-14-9-15(7-8-16(14)19)33-23(24,25)26/h3-9,19H,10-11H2,1-2H3,(H,28,31)/t19-/m1/s1. The third-order valence-electron chi connectivity index (χ3n) is 5.62. The highest BCUT2D eigenvalue weighted by atomic mass is 19.4. The Hall–Kier alpha value is -3.66. The summed E-state index contributed by atoms with van der Waals surface area (Å²) in [6.07, 6.45) is -4.79. The van der Waals surface area contributed by atoms with E-state index in [0.29, 0.717) is 28.0 Å². The summed E-state index contributed by atoms with van der Waals surface area (Å²) in [6, 6.07) is 10.6. The van der Waals surface area contributed by atoms with E-state index in [9.17, 15) is 18.0 Å². The number of aryl methyl sites for hydroxylation is 2. The fourth-order valence-electron chi connectivity index (χ4n) is 4.30. The summed E-state index contributed by atoms with van der Waals surface area (Å²) in [5, 5.41) is 9.09. The molecule has 10 heteroatoms. The second kappa shape index (κ2) is 7.73. The van der Waals surface area contributed by atoms with Crippen molar-refractivity contribution in [1.29, 1.82) is 0 Å². The van der Waals surface area contributed by atoms with Crippen molar-refractivity contribution in [2.24, 2.45) is 0 Å². The number of amides is 1. The van der Waals surface area contributed by atoms with Crippen LogP contribution in [0, 0.1) is 13.8 Å². The Kier molecular flexibility index (Phi) is 4.97. The molecule has 0 aliphatic carbocycles. The molecule has 0 bridgehead atoms. The highest BCUT2D eigenvalue weighted by Gasteiger charge is 2.32. The Balaban J connectivity index is 1.48. The largest absolute Gasteiger partial charge is 0.573 e. The van der Waals surface area contributed by atoms with Crippen LogP contribution in [0.5, 0.6) is 5.75 Å². The van der Waals surface area contributed by atoms with Gasteiger partial charge in [-0.2, -0.15) is 9.78 Å². The van der Waals surface area contributed by atoms with Gasteiger partial charge in [0.15, 0.2) is 0 Å². The maximum absolute atomic E-state index is 13.2. The van der Waals surface area contributed by atoms with Gasteiger partial charge in [-0.15, -0.1) is 13.2 Å². The summed E-state index contributed by atoms with van der Waals surface area (Å²) >= 11 is 0. The number of ether oxygens (including phenoxy) is 2. The number of benzene rings is 2. The Bertz CT molecular complexity index is 1400. The zero-order valence-electron chi connectivity index (χ0n) is 17.7. The number of halogens is 3. The molecule has 0 saturated carbocycles. The zero-order valence-corrected chi connectivity index (χ0v) is 17.7. The van der Waals surface area contributed by atoms with E-state index in [4.69, 9.17) is 4.74 Å². The maximum atomic E-state index is 13.2. The van der Waals surface area contributed by atoms with Gasteiger partial charge >= 0.3 is 12.4 Å². The minimum absolute atomic E-state index is 0.121. The van der Waals surface area contributed by atoms with E-state index in [-0.39, 0.29) is 19.0 Å². The maximum Gasteiger partial charge on any atom is 0.573 e. The molecule has 1 atom stereocenters. The number of hydrogen-bond donors (Lipinski definition) is 1. The molecular weight excluding hydrogens is 437 g/mol. The highest BCUT2D eigenvalue weighted by Crippen LogP contribution is 2.32. The van der Waals surface area contributed by atoms with Gasteiger partial charge in [0.05, 0.1) is 36.2 Å². The van der Waals surface area contributed by atoms with Gasteiger partial charge in [0.25, 0.3) is 0 Å². The number of nitrogens with zero attached hydrogens (tertiary/aromatic N) is 3. The summed E-state index contributed by atoms with van der Waals surface area (Å²) in [5.41, 5.74) is 3.95. The number of rotatable bonds is 2. The number of nitrogens with one attached hydrogen (secondary N) is 1. The Morgan fingerprint density at radius 1 is 1.18 bits per heavy atom. The van der Waals surface area contributed by atoms with Crippen LogP contribution < -0.4 is 10.1 Å². The number of carbonyl (C=O) groups is 1. The lowest BCUT2D eigenvalue weighted by molar-refractivity contribution is -0.274. The van der Waals surface area contributed by atoms with Crippen LogP contribution in [-0.2, 0) is 11.3 Å². The first-order valence-electron chi connectivity index (χ1n) is 10.2. The molecule has 0 fully saturated rings. The van der Waals surface area contributed by atoms with E-state index in [1.807, 2.05) is 38.1 Å². The van der Waals surface area contributed by atoms with Gasteiger partial charge < -0.3 is 14.8 Å². The van der Waals surface area contributed by atoms with Gasteiger partial charge in [-0.3, -0.25) is 4.98 Å². The number of para-hydroxylation sites is 1. The van der Waals surface area contributed by atoms with E-state index >= 15 is 0 Å².